The molecule has 2 aromatic rings. The molecular formula is C15H22N6O2S. The molecule has 2 aromatic heterocycles. The van der Waals surface area contributed by atoms with Crippen molar-refractivity contribution >= 4 is 22.4 Å². The Kier molecular flexibility index (Phi) is 5.39. The minimum Gasteiger partial charge on any atom is -0.299 e. The number of rotatable bonds is 6. The number of carbonyl (C=O) groups is 1. The number of amides is 1. The van der Waals surface area contributed by atoms with Gasteiger partial charge in [-0.1, -0.05) is 31.1 Å². The van der Waals surface area contributed by atoms with Crippen LogP contribution in [0.25, 0.3) is 0 Å². The van der Waals surface area contributed by atoms with Gasteiger partial charge in [-0.3, -0.25) is 14.7 Å². The Morgan fingerprint density at radius 3 is 3.00 bits per heavy atom. The molecule has 1 aliphatic heterocycles. The molecule has 0 bridgehead atoms. The highest BCUT2D eigenvalue weighted by Crippen LogP contribution is 2.17. The maximum absolute atomic E-state index is 12.3. The van der Waals surface area contributed by atoms with Crippen molar-refractivity contribution in [3.63, 3.8) is 0 Å². The minimum absolute atomic E-state index is 0.0945. The van der Waals surface area contributed by atoms with Gasteiger partial charge >= 0.3 is 5.69 Å². The van der Waals surface area contributed by atoms with Crippen LogP contribution < -0.4 is 11.0 Å². The van der Waals surface area contributed by atoms with Gasteiger partial charge in [-0.05, 0) is 19.3 Å². The number of hydrogen-bond donors (Lipinski definition) is 1. The first kappa shape index (κ1) is 16.8. The van der Waals surface area contributed by atoms with Crippen molar-refractivity contribution in [3.8, 4) is 0 Å². The number of hydrogen-bond acceptors (Lipinski definition) is 6. The smallest absolute Gasteiger partial charge is 0.299 e. The van der Waals surface area contributed by atoms with Gasteiger partial charge in [-0.15, -0.1) is 10.2 Å². The normalized spacial score (nSPS) is 14.2. The van der Waals surface area contributed by atoms with E-state index in [-0.39, 0.29) is 18.1 Å². The molecule has 0 aromatic carbocycles. The molecule has 0 radical (unpaired) electrons. The van der Waals surface area contributed by atoms with Crippen LogP contribution in [0.2, 0.25) is 0 Å². The van der Waals surface area contributed by atoms with Gasteiger partial charge in [0.15, 0.2) is 0 Å². The molecule has 1 aliphatic rings. The van der Waals surface area contributed by atoms with E-state index in [0.717, 1.165) is 55.8 Å². The Bertz CT molecular complexity index is 762. The highest BCUT2D eigenvalue weighted by atomic mass is 32.1. The number of unbranched alkanes of at least 4 members (excludes halogenated alkanes) is 1. The molecule has 0 unspecified atom stereocenters. The standard InChI is InChI=1S/C15H22N6O2S/c1-2-3-8-13-17-18-14(24-13)16-12(22)10-21-15(23)20-9-6-4-5-7-11(20)19-21/h2-10H2,1H3,(H,16,18,22). The first-order valence-corrected chi connectivity index (χ1v) is 9.27. The lowest BCUT2D eigenvalue weighted by molar-refractivity contribution is -0.117. The molecule has 24 heavy (non-hydrogen) atoms. The van der Waals surface area contributed by atoms with Gasteiger partial charge in [-0.25, -0.2) is 9.48 Å². The van der Waals surface area contributed by atoms with Crippen molar-refractivity contribution in [1.82, 2.24) is 24.5 Å². The quantitative estimate of drug-likeness (QED) is 0.854. The first-order valence-electron chi connectivity index (χ1n) is 8.46. The van der Waals surface area contributed by atoms with Crippen molar-refractivity contribution < 1.29 is 4.79 Å². The summed E-state index contributed by atoms with van der Waals surface area (Å²) in [5, 5.41) is 16.4. The molecule has 3 heterocycles. The van der Waals surface area contributed by atoms with E-state index in [1.807, 2.05) is 0 Å². The van der Waals surface area contributed by atoms with E-state index < -0.39 is 0 Å². The van der Waals surface area contributed by atoms with Gasteiger partial charge in [0.05, 0.1) is 0 Å². The van der Waals surface area contributed by atoms with Gasteiger partial charge in [0, 0.05) is 19.4 Å². The van der Waals surface area contributed by atoms with Crippen LogP contribution in [-0.4, -0.2) is 30.5 Å². The summed E-state index contributed by atoms with van der Waals surface area (Å²) in [4.78, 5) is 24.5. The summed E-state index contributed by atoms with van der Waals surface area (Å²) in [7, 11) is 0. The summed E-state index contributed by atoms with van der Waals surface area (Å²) in [6.07, 6.45) is 6.94. The van der Waals surface area contributed by atoms with Gasteiger partial charge < -0.3 is 0 Å². The van der Waals surface area contributed by atoms with Crippen LogP contribution in [0.15, 0.2) is 4.79 Å². The fourth-order valence-corrected chi connectivity index (χ4v) is 3.55. The van der Waals surface area contributed by atoms with Gasteiger partial charge in [-0.2, -0.15) is 5.10 Å². The fraction of sp³-hybridized carbons (Fsp3) is 0.667. The van der Waals surface area contributed by atoms with Crippen molar-refractivity contribution in [1.29, 1.82) is 0 Å². The maximum Gasteiger partial charge on any atom is 0.346 e. The van der Waals surface area contributed by atoms with E-state index in [4.69, 9.17) is 0 Å². The second-order valence-corrected chi connectivity index (χ2v) is 7.03. The SMILES string of the molecule is CCCCc1nnc(NC(=O)Cn2nc3n(c2=O)CCCCC3)s1. The molecule has 0 spiro atoms. The van der Waals surface area contributed by atoms with E-state index in [1.165, 1.54) is 16.0 Å². The highest BCUT2D eigenvalue weighted by Gasteiger charge is 2.17. The molecule has 1 amide bonds. The average Bonchev–Trinajstić information content (AvgIpc) is 3.02. The molecule has 0 fully saturated rings. The lowest BCUT2D eigenvalue weighted by Crippen LogP contribution is -2.30. The van der Waals surface area contributed by atoms with Crippen molar-refractivity contribution in [2.45, 2.75) is 65.0 Å². The second-order valence-electron chi connectivity index (χ2n) is 5.97. The van der Waals surface area contributed by atoms with Crippen LogP contribution in [0.3, 0.4) is 0 Å². The molecule has 0 atom stereocenters. The zero-order valence-electron chi connectivity index (χ0n) is 13.8. The molecule has 9 heteroatoms. The maximum atomic E-state index is 12.3. The number of nitrogens with zero attached hydrogens (tertiary/aromatic N) is 5. The van der Waals surface area contributed by atoms with Crippen LogP contribution in [0.4, 0.5) is 5.13 Å². The summed E-state index contributed by atoms with van der Waals surface area (Å²) in [5.41, 5.74) is -0.206. The van der Waals surface area contributed by atoms with E-state index in [0.29, 0.717) is 11.7 Å². The fourth-order valence-electron chi connectivity index (χ4n) is 2.76. The van der Waals surface area contributed by atoms with Crippen LogP contribution in [0, 0.1) is 0 Å². The Balaban J connectivity index is 1.63. The lowest BCUT2D eigenvalue weighted by atomic mass is 10.2. The van der Waals surface area contributed by atoms with Crippen molar-refractivity contribution in [2.24, 2.45) is 0 Å². The largest absolute Gasteiger partial charge is 0.346 e. The Hall–Kier alpha value is -2.03. The third kappa shape index (κ3) is 3.89. The van der Waals surface area contributed by atoms with Crippen LogP contribution >= 0.6 is 11.3 Å². The zero-order chi connectivity index (χ0) is 16.9. The Morgan fingerprint density at radius 1 is 1.29 bits per heavy atom. The van der Waals surface area contributed by atoms with Gasteiger partial charge in [0.1, 0.15) is 17.4 Å². The summed E-state index contributed by atoms with van der Waals surface area (Å²) in [6.45, 7) is 2.71. The third-order valence-electron chi connectivity index (χ3n) is 4.03. The van der Waals surface area contributed by atoms with E-state index in [1.54, 1.807) is 4.57 Å². The topological polar surface area (TPSA) is 94.7 Å². The molecule has 3 rings (SSSR count). The molecule has 8 nitrogen and oxygen atoms in total. The van der Waals surface area contributed by atoms with E-state index >= 15 is 0 Å². The molecule has 1 N–H and O–H groups in total. The van der Waals surface area contributed by atoms with Gasteiger partial charge in [0.2, 0.25) is 11.0 Å². The van der Waals surface area contributed by atoms with E-state index in [9.17, 15) is 9.59 Å². The van der Waals surface area contributed by atoms with Crippen LogP contribution in [0.5, 0.6) is 0 Å². The number of aryl methyl sites for hydroxylation is 2. The number of fused-ring (bicyclic) bond motifs is 1. The zero-order valence-corrected chi connectivity index (χ0v) is 14.6. The van der Waals surface area contributed by atoms with Crippen molar-refractivity contribution in [2.75, 3.05) is 5.32 Å². The monoisotopic (exact) mass is 350 g/mol. The summed E-state index contributed by atoms with van der Waals surface area (Å²) in [5.74, 6) is 0.478. The van der Waals surface area contributed by atoms with Gasteiger partial charge in [0.25, 0.3) is 0 Å². The molecule has 130 valence electrons. The number of aromatic nitrogens is 5. The summed E-state index contributed by atoms with van der Waals surface area (Å²) >= 11 is 1.38. The molecule has 0 saturated carbocycles. The second kappa shape index (κ2) is 7.69. The van der Waals surface area contributed by atoms with Crippen LogP contribution in [0.1, 0.15) is 49.9 Å². The van der Waals surface area contributed by atoms with Crippen molar-refractivity contribution in [3.05, 3.63) is 21.3 Å². The summed E-state index contributed by atoms with van der Waals surface area (Å²) < 4.78 is 2.93. The predicted octanol–water partition coefficient (Wildman–Crippen LogP) is 1.60. The molecule has 0 aliphatic carbocycles. The highest BCUT2D eigenvalue weighted by molar-refractivity contribution is 7.15. The third-order valence-corrected chi connectivity index (χ3v) is 4.93. The predicted molar refractivity (Wildman–Crippen MR) is 91.2 cm³/mol. The molecule has 0 saturated heterocycles. The first-order chi connectivity index (χ1) is 11.7. The average molecular weight is 350 g/mol. The Morgan fingerprint density at radius 2 is 2.17 bits per heavy atom. The number of carbonyl (C=O) groups excluding carboxylic acids is 1. The van der Waals surface area contributed by atoms with Crippen LogP contribution in [-0.2, 0) is 30.7 Å². The summed E-state index contributed by atoms with van der Waals surface area (Å²) in [6, 6.07) is 0. The number of anilines is 1. The Labute approximate surface area is 143 Å². The lowest BCUT2D eigenvalue weighted by Gasteiger charge is -2.00. The van der Waals surface area contributed by atoms with E-state index in [2.05, 4.69) is 27.5 Å². The minimum atomic E-state index is -0.302. The molecular weight excluding hydrogens is 328 g/mol. The number of nitrogens with one attached hydrogen (secondary N) is 1.